The van der Waals surface area contributed by atoms with Gasteiger partial charge in [-0.05, 0) is 38.9 Å². The summed E-state index contributed by atoms with van der Waals surface area (Å²) in [6, 6.07) is 4.23. The molecular weight excluding hydrogens is 200 g/mol. The van der Waals surface area contributed by atoms with Gasteiger partial charge in [0.2, 0.25) is 0 Å². The molecule has 0 amide bonds. The number of nitrogens with two attached hydrogens (primary N) is 1. The minimum Gasteiger partial charge on any atom is -0.399 e. The quantitative estimate of drug-likeness (QED) is 0.808. The van der Waals surface area contributed by atoms with E-state index in [1.807, 2.05) is 6.07 Å². The van der Waals surface area contributed by atoms with Crippen LogP contribution in [0.5, 0.6) is 0 Å². The standard InChI is InChI=1S/C12H20N4/c1-10(16-6-2-3-7-16)9-15-12-8-11(13)4-5-14-12/h4-5,8,10H,2-3,6-7,9H2,1H3,(H3,13,14,15). The Kier molecular flexibility index (Phi) is 3.62. The van der Waals surface area contributed by atoms with Crippen molar-refractivity contribution in [2.45, 2.75) is 25.8 Å². The van der Waals surface area contributed by atoms with E-state index in [-0.39, 0.29) is 0 Å². The molecule has 1 atom stereocenters. The molecule has 2 rings (SSSR count). The van der Waals surface area contributed by atoms with Gasteiger partial charge in [0, 0.05) is 30.5 Å². The van der Waals surface area contributed by atoms with E-state index in [4.69, 9.17) is 5.73 Å². The molecular formula is C12H20N4. The maximum Gasteiger partial charge on any atom is 0.127 e. The first-order chi connectivity index (χ1) is 7.75. The van der Waals surface area contributed by atoms with Crippen molar-refractivity contribution < 1.29 is 0 Å². The second-order valence-corrected chi connectivity index (χ2v) is 4.45. The molecule has 1 aromatic heterocycles. The highest BCUT2D eigenvalue weighted by atomic mass is 15.2. The van der Waals surface area contributed by atoms with Crippen LogP contribution in [0, 0.1) is 0 Å². The van der Waals surface area contributed by atoms with Gasteiger partial charge in [-0.3, -0.25) is 4.90 Å². The highest BCUT2D eigenvalue weighted by molar-refractivity contribution is 5.48. The monoisotopic (exact) mass is 220 g/mol. The largest absolute Gasteiger partial charge is 0.399 e. The van der Waals surface area contributed by atoms with Crippen LogP contribution < -0.4 is 11.1 Å². The number of aromatic nitrogens is 1. The van der Waals surface area contributed by atoms with Crippen molar-refractivity contribution in [2.75, 3.05) is 30.7 Å². The number of hydrogen-bond acceptors (Lipinski definition) is 4. The molecule has 88 valence electrons. The van der Waals surface area contributed by atoms with Crippen LogP contribution in [-0.2, 0) is 0 Å². The van der Waals surface area contributed by atoms with E-state index in [9.17, 15) is 0 Å². The highest BCUT2D eigenvalue weighted by Crippen LogP contribution is 2.13. The Labute approximate surface area is 96.8 Å². The molecule has 1 saturated heterocycles. The lowest BCUT2D eigenvalue weighted by atomic mass is 10.3. The lowest BCUT2D eigenvalue weighted by Gasteiger charge is -2.24. The Morgan fingerprint density at radius 1 is 1.50 bits per heavy atom. The Morgan fingerprint density at radius 3 is 2.94 bits per heavy atom. The number of nitrogens with one attached hydrogen (secondary N) is 1. The summed E-state index contributed by atoms with van der Waals surface area (Å²) in [5.41, 5.74) is 6.45. The fraction of sp³-hybridized carbons (Fsp3) is 0.583. The van der Waals surface area contributed by atoms with Gasteiger partial charge in [-0.25, -0.2) is 4.98 Å². The van der Waals surface area contributed by atoms with E-state index in [0.717, 1.165) is 18.1 Å². The summed E-state index contributed by atoms with van der Waals surface area (Å²) >= 11 is 0. The molecule has 1 aromatic rings. The van der Waals surface area contributed by atoms with Gasteiger partial charge in [-0.1, -0.05) is 0 Å². The van der Waals surface area contributed by atoms with Gasteiger partial charge in [0.05, 0.1) is 0 Å². The fourth-order valence-corrected chi connectivity index (χ4v) is 2.11. The fourth-order valence-electron chi connectivity index (χ4n) is 2.11. The molecule has 2 heterocycles. The first-order valence-electron chi connectivity index (χ1n) is 5.95. The first-order valence-corrected chi connectivity index (χ1v) is 5.95. The molecule has 1 aliphatic rings. The minimum absolute atomic E-state index is 0.561. The smallest absolute Gasteiger partial charge is 0.127 e. The first kappa shape index (κ1) is 11.2. The molecule has 4 heteroatoms. The summed E-state index contributed by atoms with van der Waals surface area (Å²) in [7, 11) is 0. The second kappa shape index (κ2) is 5.16. The number of nitrogen functional groups attached to an aromatic ring is 1. The van der Waals surface area contributed by atoms with E-state index in [1.54, 1.807) is 12.3 Å². The molecule has 0 spiro atoms. The molecule has 4 nitrogen and oxygen atoms in total. The number of pyridine rings is 1. The van der Waals surface area contributed by atoms with Gasteiger partial charge in [0.1, 0.15) is 5.82 Å². The third-order valence-electron chi connectivity index (χ3n) is 3.13. The van der Waals surface area contributed by atoms with Crippen LogP contribution in [0.4, 0.5) is 11.5 Å². The van der Waals surface area contributed by atoms with Gasteiger partial charge in [-0.2, -0.15) is 0 Å². The van der Waals surface area contributed by atoms with Crippen molar-refractivity contribution >= 4 is 11.5 Å². The summed E-state index contributed by atoms with van der Waals surface area (Å²) in [6.45, 7) is 5.64. The molecule has 1 aliphatic heterocycles. The molecule has 0 aromatic carbocycles. The van der Waals surface area contributed by atoms with Gasteiger partial charge < -0.3 is 11.1 Å². The number of nitrogens with zero attached hydrogens (tertiary/aromatic N) is 2. The second-order valence-electron chi connectivity index (χ2n) is 4.45. The zero-order valence-electron chi connectivity index (χ0n) is 9.82. The SMILES string of the molecule is CC(CNc1cc(N)ccn1)N1CCCC1. The van der Waals surface area contributed by atoms with Crippen LogP contribution in [0.25, 0.3) is 0 Å². The van der Waals surface area contributed by atoms with E-state index in [2.05, 4.69) is 22.1 Å². The normalized spacial score (nSPS) is 18.6. The van der Waals surface area contributed by atoms with Gasteiger partial charge in [-0.15, -0.1) is 0 Å². The number of likely N-dealkylation sites (tertiary alicyclic amines) is 1. The third-order valence-corrected chi connectivity index (χ3v) is 3.13. The Hall–Kier alpha value is -1.29. The summed E-state index contributed by atoms with van der Waals surface area (Å²) in [4.78, 5) is 6.74. The molecule has 1 fully saturated rings. The van der Waals surface area contributed by atoms with Crippen molar-refractivity contribution in [2.24, 2.45) is 0 Å². The van der Waals surface area contributed by atoms with E-state index >= 15 is 0 Å². The van der Waals surface area contributed by atoms with Gasteiger partial charge >= 0.3 is 0 Å². The van der Waals surface area contributed by atoms with Crippen molar-refractivity contribution in [3.8, 4) is 0 Å². The zero-order chi connectivity index (χ0) is 11.4. The van der Waals surface area contributed by atoms with Gasteiger partial charge in [0.25, 0.3) is 0 Å². The maximum absolute atomic E-state index is 5.70. The summed E-state index contributed by atoms with van der Waals surface area (Å²) in [6.07, 6.45) is 4.40. The lowest BCUT2D eigenvalue weighted by Crippen LogP contribution is -2.35. The van der Waals surface area contributed by atoms with Crippen molar-refractivity contribution in [1.29, 1.82) is 0 Å². The van der Waals surface area contributed by atoms with Crippen molar-refractivity contribution in [3.63, 3.8) is 0 Å². The summed E-state index contributed by atoms with van der Waals surface area (Å²) in [5, 5.41) is 3.33. The Bertz CT molecular complexity index is 334. The predicted molar refractivity (Wildman–Crippen MR) is 67.4 cm³/mol. The van der Waals surface area contributed by atoms with Crippen LogP contribution in [0.1, 0.15) is 19.8 Å². The Morgan fingerprint density at radius 2 is 2.25 bits per heavy atom. The van der Waals surface area contributed by atoms with Crippen LogP contribution in [0.3, 0.4) is 0 Å². The average Bonchev–Trinajstić information content (AvgIpc) is 2.79. The predicted octanol–water partition coefficient (Wildman–Crippen LogP) is 1.56. The molecule has 0 aliphatic carbocycles. The average molecular weight is 220 g/mol. The highest BCUT2D eigenvalue weighted by Gasteiger charge is 2.17. The van der Waals surface area contributed by atoms with Crippen LogP contribution >= 0.6 is 0 Å². The number of anilines is 2. The molecule has 0 bridgehead atoms. The van der Waals surface area contributed by atoms with Gasteiger partial charge in [0.15, 0.2) is 0 Å². The molecule has 3 N–H and O–H groups in total. The van der Waals surface area contributed by atoms with Crippen molar-refractivity contribution in [1.82, 2.24) is 9.88 Å². The molecule has 0 radical (unpaired) electrons. The maximum atomic E-state index is 5.70. The Balaban J connectivity index is 1.82. The molecule has 0 saturated carbocycles. The zero-order valence-corrected chi connectivity index (χ0v) is 9.82. The minimum atomic E-state index is 0.561. The lowest BCUT2D eigenvalue weighted by molar-refractivity contribution is 0.269. The van der Waals surface area contributed by atoms with Crippen molar-refractivity contribution in [3.05, 3.63) is 18.3 Å². The summed E-state index contributed by atoms with van der Waals surface area (Å²) in [5.74, 6) is 0.867. The van der Waals surface area contributed by atoms with E-state index in [1.165, 1.54) is 25.9 Å². The van der Waals surface area contributed by atoms with Crippen LogP contribution in [0.15, 0.2) is 18.3 Å². The number of hydrogen-bond donors (Lipinski definition) is 2. The molecule has 1 unspecified atom stereocenters. The van der Waals surface area contributed by atoms with Crippen LogP contribution in [0.2, 0.25) is 0 Å². The van der Waals surface area contributed by atoms with E-state index in [0.29, 0.717) is 6.04 Å². The van der Waals surface area contributed by atoms with Crippen LogP contribution in [-0.4, -0.2) is 35.6 Å². The molecule has 16 heavy (non-hydrogen) atoms. The number of rotatable bonds is 4. The third kappa shape index (κ3) is 2.85. The topological polar surface area (TPSA) is 54.2 Å². The summed E-state index contributed by atoms with van der Waals surface area (Å²) < 4.78 is 0. The van der Waals surface area contributed by atoms with E-state index < -0.39 is 0 Å².